The van der Waals surface area contributed by atoms with Crippen LogP contribution in [0.1, 0.15) is 27.2 Å². The van der Waals surface area contributed by atoms with Crippen LogP contribution in [0.5, 0.6) is 0 Å². The fourth-order valence-electron chi connectivity index (χ4n) is 0.858. The lowest BCUT2D eigenvalue weighted by Gasteiger charge is -2.16. The predicted molar refractivity (Wildman–Crippen MR) is 56.8 cm³/mol. The van der Waals surface area contributed by atoms with Crippen LogP contribution in [0.2, 0.25) is 0 Å². The van der Waals surface area contributed by atoms with Gasteiger partial charge >= 0.3 is 5.97 Å². The van der Waals surface area contributed by atoms with Crippen molar-refractivity contribution in [2.24, 2.45) is 5.73 Å². The number of nitrogens with two attached hydrogens (primary N) is 1. The molecule has 0 saturated carbocycles. The first-order chi connectivity index (χ1) is 6.11. The Bertz CT molecular complexity index is 153. The zero-order valence-corrected chi connectivity index (χ0v) is 9.39. The van der Waals surface area contributed by atoms with Crippen molar-refractivity contribution in [2.45, 2.75) is 38.5 Å². The predicted octanol–water partition coefficient (Wildman–Crippen LogP) is 1.41. The second-order valence-electron chi connectivity index (χ2n) is 2.89. The Morgan fingerprint density at radius 1 is 1.54 bits per heavy atom. The summed E-state index contributed by atoms with van der Waals surface area (Å²) in [5.41, 5.74) is 5.80. The standard InChI is InChI=1S/C9H19NO2S/c1-4-8(10)7(3)13-6-9(11)12-5-2/h7-8H,4-6,10H2,1-3H3. The summed E-state index contributed by atoms with van der Waals surface area (Å²) < 4.78 is 4.81. The molecule has 0 aromatic heterocycles. The molecule has 0 bridgehead atoms. The highest BCUT2D eigenvalue weighted by molar-refractivity contribution is 8.00. The summed E-state index contributed by atoms with van der Waals surface area (Å²) in [6, 6.07) is 0.166. The van der Waals surface area contributed by atoms with Gasteiger partial charge in [-0.15, -0.1) is 11.8 Å². The van der Waals surface area contributed by atoms with E-state index in [4.69, 9.17) is 10.5 Å². The van der Waals surface area contributed by atoms with Crippen molar-refractivity contribution in [3.8, 4) is 0 Å². The molecule has 0 aliphatic carbocycles. The Labute approximate surface area is 84.4 Å². The van der Waals surface area contributed by atoms with Gasteiger partial charge in [-0.05, 0) is 13.3 Å². The maximum Gasteiger partial charge on any atom is 0.315 e. The zero-order valence-electron chi connectivity index (χ0n) is 8.58. The van der Waals surface area contributed by atoms with Gasteiger partial charge in [0, 0.05) is 11.3 Å². The monoisotopic (exact) mass is 205 g/mol. The summed E-state index contributed by atoms with van der Waals surface area (Å²) in [6.07, 6.45) is 0.941. The van der Waals surface area contributed by atoms with E-state index in [2.05, 4.69) is 0 Å². The van der Waals surface area contributed by atoms with Crippen molar-refractivity contribution in [3.63, 3.8) is 0 Å². The first kappa shape index (κ1) is 12.8. The van der Waals surface area contributed by atoms with E-state index in [9.17, 15) is 4.79 Å². The molecule has 0 saturated heterocycles. The molecular formula is C9H19NO2S. The van der Waals surface area contributed by atoms with E-state index < -0.39 is 0 Å². The second kappa shape index (κ2) is 7.21. The lowest BCUT2D eigenvalue weighted by molar-refractivity contribution is -0.139. The van der Waals surface area contributed by atoms with Crippen LogP contribution in [0.25, 0.3) is 0 Å². The molecule has 0 aliphatic rings. The van der Waals surface area contributed by atoms with Gasteiger partial charge in [-0.25, -0.2) is 0 Å². The molecular weight excluding hydrogens is 186 g/mol. The number of ether oxygens (including phenoxy) is 1. The van der Waals surface area contributed by atoms with Crippen molar-refractivity contribution in [2.75, 3.05) is 12.4 Å². The number of hydrogen-bond acceptors (Lipinski definition) is 4. The summed E-state index contributed by atoms with van der Waals surface area (Å²) in [4.78, 5) is 11.0. The fraction of sp³-hybridized carbons (Fsp3) is 0.889. The first-order valence-corrected chi connectivity index (χ1v) is 5.69. The number of rotatable bonds is 6. The molecule has 0 aromatic carbocycles. The van der Waals surface area contributed by atoms with Gasteiger partial charge in [-0.1, -0.05) is 13.8 Å². The van der Waals surface area contributed by atoms with E-state index in [1.165, 1.54) is 0 Å². The molecule has 0 radical (unpaired) electrons. The minimum absolute atomic E-state index is 0.150. The van der Waals surface area contributed by atoms with E-state index in [1.807, 2.05) is 20.8 Å². The molecule has 0 aliphatic heterocycles. The molecule has 0 heterocycles. The Kier molecular flexibility index (Phi) is 7.09. The Hall–Kier alpha value is -0.220. The molecule has 78 valence electrons. The van der Waals surface area contributed by atoms with E-state index >= 15 is 0 Å². The van der Waals surface area contributed by atoms with Crippen LogP contribution in [-0.4, -0.2) is 29.6 Å². The molecule has 0 spiro atoms. The summed E-state index contributed by atoms with van der Waals surface area (Å²) >= 11 is 1.56. The minimum Gasteiger partial charge on any atom is -0.465 e. The first-order valence-electron chi connectivity index (χ1n) is 4.64. The zero-order chi connectivity index (χ0) is 10.3. The Morgan fingerprint density at radius 2 is 2.15 bits per heavy atom. The van der Waals surface area contributed by atoms with Crippen LogP contribution < -0.4 is 5.73 Å². The van der Waals surface area contributed by atoms with Crippen molar-refractivity contribution < 1.29 is 9.53 Å². The van der Waals surface area contributed by atoms with Crippen molar-refractivity contribution in [1.82, 2.24) is 0 Å². The molecule has 0 amide bonds. The van der Waals surface area contributed by atoms with E-state index in [0.29, 0.717) is 17.6 Å². The average Bonchev–Trinajstić information content (AvgIpc) is 2.13. The summed E-state index contributed by atoms with van der Waals surface area (Å²) in [6.45, 7) is 6.35. The van der Waals surface area contributed by atoms with Gasteiger partial charge in [0.25, 0.3) is 0 Å². The molecule has 0 aromatic rings. The molecule has 4 heteroatoms. The molecule has 0 fully saturated rings. The van der Waals surface area contributed by atoms with Crippen LogP contribution in [0, 0.1) is 0 Å². The van der Waals surface area contributed by atoms with Crippen molar-refractivity contribution in [3.05, 3.63) is 0 Å². The third-order valence-electron chi connectivity index (χ3n) is 1.84. The summed E-state index contributed by atoms with van der Waals surface area (Å²) in [5.74, 6) is 0.255. The fourth-order valence-corrected chi connectivity index (χ4v) is 1.78. The second-order valence-corrected chi connectivity index (χ2v) is 4.26. The lowest BCUT2D eigenvalue weighted by Crippen LogP contribution is -2.30. The van der Waals surface area contributed by atoms with Crippen LogP contribution in [0.15, 0.2) is 0 Å². The highest BCUT2D eigenvalue weighted by atomic mass is 32.2. The largest absolute Gasteiger partial charge is 0.465 e. The average molecular weight is 205 g/mol. The molecule has 0 rings (SSSR count). The van der Waals surface area contributed by atoms with Gasteiger partial charge in [-0.3, -0.25) is 4.79 Å². The van der Waals surface area contributed by atoms with Crippen molar-refractivity contribution in [1.29, 1.82) is 0 Å². The topological polar surface area (TPSA) is 52.3 Å². The van der Waals surface area contributed by atoms with Gasteiger partial charge in [0.05, 0.1) is 12.4 Å². The van der Waals surface area contributed by atoms with E-state index in [1.54, 1.807) is 11.8 Å². The van der Waals surface area contributed by atoms with E-state index in [0.717, 1.165) is 6.42 Å². The summed E-state index contributed by atoms with van der Waals surface area (Å²) in [7, 11) is 0. The molecule has 3 nitrogen and oxygen atoms in total. The Morgan fingerprint density at radius 3 is 2.62 bits per heavy atom. The quantitative estimate of drug-likeness (QED) is 0.666. The third-order valence-corrected chi connectivity index (χ3v) is 3.12. The van der Waals surface area contributed by atoms with Gasteiger partial charge in [0.1, 0.15) is 0 Å². The van der Waals surface area contributed by atoms with E-state index in [-0.39, 0.29) is 12.0 Å². The maximum absolute atomic E-state index is 11.0. The normalized spacial score (nSPS) is 15.1. The number of esters is 1. The molecule has 2 atom stereocenters. The number of thioether (sulfide) groups is 1. The number of carbonyl (C=O) groups is 1. The summed E-state index contributed by atoms with van der Waals surface area (Å²) in [5, 5.41) is 0.314. The maximum atomic E-state index is 11.0. The smallest absolute Gasteiger partial charge is 0.315 e. The third kappa shape index (κ3) is 5.93. The van der Waals surface area contributed by atoms with Gasteiger partial charge in [0.15, 0.2) is 0 Å². The van der Waals surface area contributed by atoms with Gasteiger partial charge in [0.2, 0.25) is 0 Å². The highest BCUT2D eigenvalue weighted by Gasteiger charge is 2.13. The minimum atomic E-state index is -0.150. The number of hydrogen-bond donors (Lipinski definition) is 1. The highest BCUT2D eigenvalue weighted by Crippen LogP contribution is 2.14. The lowest BCUT2D eigenvalue weighted by atomic mass is 10.2. The number of carbonyl (C=O) groups excluding carboxylic acids is 1. The molecule has 13 heavy (non-hydrogen) atoms. The molecule has 2 N–H and O–H groups in total. The van der Waals surface area contributed by atoms with Gasteiger partial charge < -0.3 is 10.5 Å². The SMILES string of the molecule is CCOC(=O)CSC(C)C(N)CC. The van der Waals surface area contributed by atoms with Crippen molar-refractivity contribution >= 4 is 17.7 Å². The van der Waals surface area contributed by atoms with Crippen LogP contribution in [0.4, 0.5) is 0 Å². The van der Waals surface area contributed by atoms with Crippen LogP contribution >= 0.6 is 11.8 Å². The molecule has 2 unspecified atom stereocenters. The van der Waals surface area contributed by atoms with Crippen LogP contribution in [0.3, 0.4) is 0 Å². The van der Waals surface area contributed by atoms with Crippen LogP contribution in [-0.2, 0) is 9.53 Å². The Balaban J connectivity index is 3.57. The van der Waals surface area contributed by atoms with Gasteiger partial charge in [-0.2, -0.15) is 0 Å².